The number of halogens is 1. The zero-order valence-corrected chi connectivity index (χ0v) is 20.2. The number of aromatic nitrogens is 1. The van der Waals surface area contributed by atoms with Crippen molar-refractivity contribution in [2.45, 2.75) is 39.2 Å². The van der Waals surface area contributed by atoms with Gasteiger partial charge in [-0.25, -0.2) is 0 Å². The van der Waals surface area contributed by atoms with Gasteiger partial charge in [0.2, 0.25) is 0 Å². The summed E-state index contributed by atoms with van der Waals surface area (Å²) in [5.41, 5.74) is 2.40. The molecule has 0 N–H and O–H groups in total. The van der Waals surface area contributed by atoms with Crippen molar-refractivity contribution in [1.82, 2.24) is 9.47 Å². The van der Waals surface area contributed by atoms with Crippen LogP contribution in [-0.2, 0) is 20.7 Å². The van der Waals surface area contributed by atoms with Crippen LogP contribution in [0.3, 0.4) is 0 Å². The van der Waals surface area contributed by atoms with E-state index in [2.05, 4.69) is 0 Å². The molecule has 1 saturated heterocycles. The molecule has 1 unspecified atom stereocenters. The molecule has 1 aliphatic rings. The number of fused-ring (bicyclic) bond motifs is 1. The van der Waals surface area contributed by atoms with E-state index in [1.54, 1.807) is 72.9 Å². The van der Waals surface area contributed by atoms with E-state index in [1.807, 2.05) is 0 Å². The van der Waals surface area contributed by atoms with Crippen LogP contribution >= 0.6 is 11.6 Å². The van der Waals surface area contributed by atoms with Crippen molar-refractivity contribution in [2.24, 2.45) is 0 Å². The Morgan fingerprint density at radius 3 is 2.38 bits per heavy atom. The maximum atomic E-state index is 13.4. The molecule has 34 heavy (non-hydrogen) atoms. The van der Waals surface area contributed by atoms with Gasteiger partial charge in [0, 0.05) is 34.8 Å². The molecule has 0 bridgehead atoms. The largest absolute Gasteiger partial charge is 0.497 e. The smallest absolute Gasteiger partial charge is 0.311 e. The van der Waals surface area contributed by atoms with Gasteiger partial charge in [0.25, 0.3) is 11.8 Å². The fraction of sp³-hybridized carbons (Fsp3) is 0.346. The zero-order chi connectivity index (χ0) is 24.4. The molecule has 1 atom stereocenters. The molecule has 8 heteroatoms. The quantitative estimate of drug-likeness (QED) is 0.487. The number of likely N-dealkylation sites (tertiary alicyclic amines) is 1. The van der Waals surface area contributed by atoms with Crippen LogP contribution in [0.1, 0.15) is 41.4 Å². The topological polar surface area (TPSA) is 77.8 Å². The van der Waals surface area contributed by atoms with Gasteiger partial charge in [-0.2, -0.15) is 0 Å². The monoisotopic (exact) mass is 482 g/mol. The molecule has 4 rings (SSSR count). The van der Waals surface area contributed by atoms with Crippen molar-refractivity contribution in [3.05, 3.63) is 64.3 Å². The van der Waals surface area contributed by atoms with Gasteiger partial charge in [0.05, 0.1) is 19.0 Å². The van der Waals surface area contributed by atoms with Gasteiger partial charge in [-0.1, -0.05) is 11.6 Å². The molecule has 0 aliphatic carbocycles. The maximum absolute atomic E-state index is 13.4. The molecule has 2 aromatic carbocycles. The fourth-order valence-corrected chi connectivity index (χ4v) is 4.55. The summed E-state index contributed by atoms with van der Waals surface area (Å²) < 4.78 is 12.4. The lowest BCUT2D eigenvalue weighted by atomic mass is 10.1. The molecule has 1 fully saturated rings. The van der Waals surface area contributed by atoms with Crippen LogP contribution in [0.5, 0.6) is 5.75 Å². The second-order valence-corrected chi connectivity index (χ2v) is 8.87. The number of amides is 1. The SMILES string of the molecule is COc1ccc2c(c1)c(CC(=O)OC(C)C(=O)N1CCCC1)c(C)n2C(=O)c1ccc(Cl)cc1. The van der Waals surface area contributed by atoms with E-state index in [4.69, 9.17) is 21.1 Å². The third-order valence-electron chi connectivity index (χ3n) is 6.23. The first-order valence-electron chi connectivity index (χ1n) is 11.3. The van der Waals surface area contributed by atoms with Crippen molar-refractivity contribution in [3.8, 4) is 5.75 Å². The number of carbonyl (C=O) groups is 3. The molecule has 0 radical (unpaired) electrons. The minimum atomic E-state index is -0.857. The first-order valence-corrected chi connectivity index (χ1v) is 11.6. The Kier molecular flexibility index (Phi) is 6.93. The van der Waals surface area contributed by atoms with E-state index < -0.39 is 12.1 Å². The van der Waals surface area contributed by atoms with E-state index in [1.165, 1.54) is 0 Å². The van der Waals surface area contributed by atoms with E-state index in [0.29, 0.717) is 46.2 Å². The number of methoxy groups -OCH3 is 1. The minimum absolute atomic E-state index is 0.0754. The molecule has 178 valence electrons. The number of carbonyl (C=O) groups excluding carboxylic acids is 3. The van der Waals surface area contributed by atoms with Gasteiger partial charge in [0.15, 0.2) is 6.10 Å². The van der Waals surface area contributed by atoms with Crippen LogP contribution in [0, 0.1) is 6.92 Å². The molecule has 3 aromatic rings. The summed E-state index contributed by atoms with van der Waals surface area (Å²) in [6, 6.07) is 12.0. The molecule has 7 nitrogen and oxygen atoms in total. The highest BCUT2D eigenvalue weighted by molar-refractivity contribution is 6.30. The molecule has 2 heterocycles. The highest BCUT2D eigenvalue weighted by Crippen LogP contribution is 2.31. The van der Waals surface area contributed by atoms with Gasteiger partial charge in [-0.15, -0.1) is 0 Å². The van der Waals surface area contributed by atoms with Crippen LogP contribution in [0.4, 0.5) is 0 Å². The average Bonchev–Trinajstić information content (AvgIpc) is 3.45. The molecule has 1 amide bonds. The number of benzene rings is 2. The second-order valence-electron chi connectivity index (χ2n) is 8.44. The van der Waals surface area contributed by atoms with Crippen molar-refractivity contribution in [2.75, 3.05) is 20.2 Å². The van der Waals surface area contributed by atoms with E-state index in [9.17, 15) is 14.4 Å². The lowest BCUT2D eigenvalue weighted by Gasteiger charge is -2.20. The molecule has 1 aromatic heterocycles. The maximum Gasteiger partial charge on any atom is 0.311 e. The summed E-state index contributed by atoms with van der Waals surface area (Å²) in [4.78, 5) is 40.5. The highest BCUT2D eigenvalue weighted by Gasteiger charge is 2.27. The van der Waals surface area contributed by atoms with Gasteiger partial charge in [-0.3, -0.25) is 19.0 Å². The van der Waals surface area contributed by atoms with Crippen molar-refractivity contribution in [1.29, 1.82) is 0 Å². The standard InChI is InChI=1S/C26H27ClN2O5/c1-16-21(15-24(30)34-17(2)25(31)28-12-4-5-13-28)22-14-20(33-3)10-11-23(22)29(16)26(32)18-6-8-19(27)9-7-18/h6-11,14,17H,4-5,12-13,15H2,1-3H3. The van der Waals surface area contributed by atoms with Crippen LogP contribution in [0.25, 0.3) is 10.9 Å². The van der Waals surface area contributed by atoms with Gasteiger partial charge >= 0.3 is 5.97 Å². The third kappa shape index (κ3) is 4.66. The van der Waals surface area contributed by atoms with Crippen LogP contribution in [0.2, 0.25) is 5.02 Å². The number of rotatable bonds is 6. The lowest BCUT2D eigenvalue weighted by molar-refractivity contribution is -0.158. The Morgan fingerprint density at radius 2 is 1.74 bits per heavy atom. The summed E-state index contributed by atoms with van der Waals surface area (Å²) in [5.74, 6) is -0.328. The third-order valence-corrected chi connectivity index (χ3v) is 6.48. The Labute approximate surface area is 203 Å². The molecule has 1 aliphatic heterocycles. The fourth-order valence-electron chi connectivity index (χ4n) is 4.42. The number of nitrogens with zero attached hydrogens (tertiary/aromatic N) is 2. The number of esters is 1. The van der Waals surface area contributed by atoms with Gasteiger partial charge in [-0.05, 0) is 74.7 Å². The highest BCUT2D eigenvalue weighted by atomic mass is 35.5. The second kappa shape index (κ2) is 9.89. The first-order chi connectivity index (χ1) is 16.3. The molecule has 0 spiro atoms. The Hall–Kier alpha value is -3.32. The Balaban J connectivity index is 1.65. The predicted octanol–water partition coefficient (Wildman–Crippen LogP) is 4.40. The molecule has 0 saturated carbocycles. The first kappa shape index (κ1) is 23.8. The summed E-state index contributed by atoms with van der Waals surface area (Å²) in [6.45, 7) is 4.78. The summed E-state index contributed by atoms with van der Waals surface area (Å²) in [7, 11) is 1.56. The number of hydrogen-bond acceptors (Lipinski definition) is 5. The van der Waals surface area contributed by atoms with Crippen molar-refractivity contribution in [3.63, 3.8) is 0 Å². The molecular formula is C26H27ClN2O5. The zero-order valence-electron chi connectivity index (χ0n) is 19.5. The Bertz CT molecular complexity index is 1240. The summed E-state index contributed by atoms with van der Waals surface area (Å²) >= 11 is 5.98. The van der Waals surface area contributed by atoms with E-state index in [0.717, 1.165) is 18.2 Å². The normalized spacial score (nSPS) is 14.3. The van der Waals surface area contributed by atoms with Crippen LogP contribution < -0.4 is 4.74 Å². The van der Waals surface area contributed by atoms with Crippen molar-refractivity contribution < 1.29 is 23.9 Å². The predicted molar refractivity (Wildman–Crippen MR) is 129 cm³/mol. The molecular weight excluding hydrogens is 456 g/mol. The number of hydrogen-bond donors (Lipinski definition) is 0. The average molecular weight is 483 g/mol. The van der Waals surface area contributed by atoms with Gasteiger partial charge < -0.3 is 14.4 Å². The lowest BCUT2D eigenvalue weighted by Crippen LogP contribution is -2.38. The number of ether oxygens (including phenoxy) is 2. The van der Waals surface area contributed by atoms with Crippen LogP contribution in [-0.4, -0.2) is 53.6 Å². The summed E-state index contributed by atoms with van der Waals surface area (Å²) in [6.07, 6.45) is 1.00. The van der Waals surface area contributed by atoms with E-state index >= 15 is 0 Å². The Morgan fingerprint density at radius 1 is 1.06 bits per heavy atom. The summed E-state index contributed by atoms with van der Waals surface area (Å²) in [5, 5.41) is 1.26. The van der Waals surface area contributed by atoms with Crippen LogP contribution in [0.15, 0.2) is 42.5 Å². The minimum Gasteiger partial charge on any atom is -0.497 e. The van der Waals surface area contributed by atoms with Crippen molar-refractivity contribution >= 4 is 40.3 Å². The van der Waals surface area contributed by atoms with Gasteiger partial charge in [0.1, 0.15) is 5.75 Å². The van der Waals surface area contributed by atoms with E-state index in [-0.39, 0.29) is 18.2 Å².